The molecule has 0 bridgehead atoms. The zero-order valence-corrected chi connectivity index (χ0v) is 10.0. The maximum Gasteiger partial charge on any atom is 0.227 e. The number of hydrogen-bond donors (Lipinski definition) is 2. The van der Waals surface area contributed by atoms with Crippen molar-refractivity contribution in [3.63, 3.8) is 0 Å². The fraction of sp³-hybridized carbons (Fsp3) is 0.818. The average Bonchev–Trinajstić information content (AvgIpc) is 2.63. The molecule has 0 aliphatic heterocycles. The Hall–Kier alpha value is -0.940. The maximum atomic E-state index is 9.58. The maximum absolute atomic E-state index is 9.58. The minimum absolute atomic E-state index is 0.0231. The number of rotatable bonds is 4. The van der Waals surface area contributed by atoms with Gasteiger partial charge in [-0.25, -0.2) is 0 Å². The Morgan fingerprint density at radius 1 is 1.56 bits per heavy atom. The van der Waals surface area contributed by atoms with Crippen LogP contribution in [0.5, 0.6) is 0 Å². The number of hydrogen-bond acceptors (Lipinski definition) is 5. The first-order valence-electron chi connectivity index (χ1n) is 5.71. The van der Waals surface area contributed by atoms with E-state index in [0.717, 1.165) is 19.4 Å². The van der Waals surface area contributed by atoms with Crippen LogP contribution in [0.2, 0.25) is 0 Å². The number of nitrogens with zero attached hydrogens (tertiary/aromatic N) is 2. The van der Waals surface area contributed by atoms with Gasteiger partial charge < -0.3 is 14.9 Å². The Morgan fingerprint density at radius 3 is 2.81 bits per heavy atom. The Labute approximate surface area is 95.2 Å². The molecule has 1 saturated carbocycles. The van der Waals surface area contributed by atoms with Crippen molar-refractivity contribution >= 4 is 0 Å². The van der Waals surface area contributed by atoms with Gasteiger partial charge in [0.05, 0.1) is 6.10 Å². The summed E-state index contributed by atoms with van der Waals surface area (Å²) in [5, 5.41) is 16.7. The van der Waals surface area contributed by atoms with Crippen LogP contribution in [0.4, 0.5) is 0 Å². The minimum Gasteiger partial charge on any atom is -0.392 e. The quantitative estimate of drug-likeness (QED) is 0.788. The van der Waals surface area contributed by atoms with Crippen molar-refractivity contribution in [2.75, 3.05) is 6.54 Å². The highest BCUT2D eigenvalue weighted by Gasteiger charge is 2.46. The van der Waals surface area contributed by atoms with Gasteiger partial charge in [0.25, 0.3) is 0 Å². The molecule has 1 heterocycles. The molecule has 0 amide bonds. The largest absolute Gasteiger partial charge is 0.392 e. The van der Waals surface area contributed by atoms with Crippen LogP contribution < -0.4 is 5.32 Å². The molecule has 1 fully saturated rings. The molecule has 1 aliphatic carbocycles. The molecule has 2 atom stereocenters. The van der Waals surface area contributed by atoms with Gasteiger partial charge in [0.2, 0.25) is 5.89 Å². The lowest BCUT2D eigenvalue weighted by molar-refractivity contribution is -0.0721. The predicted molar refractivity (Wildman–Crippen MR) is 58.9 cm³/mol. The van der Waals surface area contributed by atoms with E-state index in [0.29, 0.717) is 17.8 Å². The molecule has 0 aromatic carbocycles. The third-order valence-electron chi connectivity index (χ3n) is 3.52. The third-order valence-corrected chi connectivity index (χ3v) is 3.52. The second-order valence-electron chi connectivity index (χ2n) is 5.06. The lowest BCUT2D eigenvalue weighted by atomic mass is 9.64. The fourth-order valence-corrected chi connectivity index (χ4v) is 2.04. The summed E-state index contributed by atoms with van der Waals surface area (Å²) in [6, 6.07) is 0.381. The van der Waals surface area contributed by atoms with Gasteiger partial charge in [0.1, 0.15) is 0 Å². The zero-order valence-electron chi connectivity index (χ0n) is 10.0. The van der Waals surface area contributed by atoms with Crippen LogP contribution in [0.1, 0.15) is 32.0 Å². The first-order valence-corrected chi connectivity index (χ1v) is 5.71. The van der Waals surface area contributed by atoms with Gasteiger partial charge in [-0.05, 0) is 13.3 Å². The predicted octanol–water partition coefficient (Wildman–Crippen LogP) is 0.670. The molecular formula is C11H19N3O2. The molecule has 5 heteroatoms. The Kier molecular flexibility index (Phi) is 2.99. The van der Waals surface area contributed by atoms with Gasteiger partial charge >= 0.3 is 0 Å². The van der Waals surface area contributed by atoms with Crippen molar-refractivity contribution in [2.24, 2.45) is 5.41 Å². The van der Waals surface area contributed by atoms with Crippen LogP contribution in [0, 0.1) is 12.3 Å². The van der Waals surface area contributed by atoms with Crippen molar-refractivity contribution < 1.29 is 9.63 Å². The summed E-state index contributed by atoms with van der Waals surface area (Å²) in [6.45, 7) is 6.78. The highest BCUT2D eigenvalue weighted by Crippen LogP contribution is 2.40. The Morgan fingerprint density at radius 2 is 2.31 bits per heavy atom. The summed E-state index contributed by atoms with van der Waals surface area (Å²) in [4.78, 5) is 4.14. The van der Waals surface area contributed by atoms with Crippen LogP contribution in [0.3, 0.4) is 0 Å². The van der Waals surface area contributed by atoms with Crippen LogP contribution in [0.25, 0.3) is 0 Å². The van der Waals surface area contributed by atoms with Crippen molar-refractivity contribution in [3.8, 4) is 0 Å². The number of aromatic nitrogens is 2. The smallest absolute Gasteiger partial charge is 0.227 e. The average molecular weight is 225 g/mol. The number of aliphatic hydroxyl groups excluding tert-OH is 1. The summed E-state index contributed by atoms with van der Waals surface area (Å²) in [5.41, 5.74) is -0.0231. The van der Waals surface area contributed by atoms with E-state index in [1.807, 2.05) is 6.92 Å². The highest BCUT2D eigenvalue weighted by molar-refractivity contribution is 5.01. The molecular weight excluding hydrogens is 206 g/mol. The van der Waals surface area contributed by atoms with Crippen molar-refractivity contribution in [2.45, 2.75) is 45.8 Å². The summed E-state index contributed by atoms with van der Waals surface area (Å²) < 4.78 is 5.02. The lowest BCUT2D eigenvalue weighted by Gasteiger charge is -2.49. The van der Waals surface area contributed by atoms with Crippen molar-refractivity contribution in [1.29, 1.82) is 0 Å². The first-order chi connectivity index (χ1) is 7.50. The standard InChI is InChI=1S/C11H19N3O2/c1-7-13-10(16-14-7)4-5-12-8-6-9(15)11(8,2)3/h8-9,12,15H,4-6H2,1-3H3. The molecule has 0 saturated heterocycles. The SMILES string of the molecule is Cc1noc(CCNC2CC(O)C2(C)C)n1. The van der Waals surface area contributed by atoms with Crippen LogP contribution in [0.15, 0.2) is 4.52 Å². The van der Waals surface area contributed by atoms with E-state index in [2.05, 4.69) is 29.3 Å². The van der Waals surface area contributed by atoms with E-state index in [4.69, 9.17) is 4.52 Å². The van der Waals surface area contributed by atoms with E-state index in [-0.39, 0.29) is 11.5 Å². The van der Waals surface area contributed by atoms with Crippen LogP contribution >= 0.6 is 0 Å². The highest BCUT2D eigenvalue weighted by atomic mass is 16.5. The summed E-state index contributed by atoms with van der Waals surface area (Å²) in [6.07, 6.45) is 1.38. The molecule has 16 heavy (non-hydrogen) atoms. The molecule has 1 aliphatic rings. The number of nitrogens with one attached hydrogen (secondary N) is 1. The Bertz CT molecular complexity index is 362. The molecule has 2 N–H and O–H groups in total. The molecule has 0 radical (unpaired) electrons. The lowest BCUT2D eigenvalue weighted by Crippen LogP contribution is -2.60. The molecule has 1 aromatic heterocycles. The fourth-order valence-electron chi connectivity index (χ4n) is 2.04. The topological polar surface area (TPSA) is 71.2 Å². The third kappa shape index (κ3) is 2.10. The van der Waals surface area contributed by atoms with Gasteiger partial charge in [-0.1, -0.05) is 19.0 Å². The summed E-state index contributed by atoms with van der Waals surface area (Å²) >= 11 is 0. The van der Waals surface area contributed by atoms with Gasteiger partial charge in [-0.2, -0.15) is 4.98 Å². The monoisotopic (exact) mass is 225 g/mol. The summed E-state index contributed by atoms with van der Waals surface area (Å²) in [7, 11) is 0. The van der Waals surface area contributed by atoms with Crippen molar-refractivity contribution in [3.05, 3.63) is 11.7 Å². The zero-order chi connectivity index (χ0) is 11.8. The molecule has 2 unspecified atom stereocenters. The first kappa shape index (κ1) is 11.5. The number of aryl methyl sites for hydroxylation is 1. The number of aliphatic hydroxyl groups is 1. The molecule has 0 spiro atoms. The van der Waals surface area contributed by atoms with Crippen molar-refractivity contribution in [1.82, 2.24) is 15.5 Å². The molecule has 90 valence electrons. The second kappa shape index (κ2) is 4.14. The van der Waals surface area contributed by atoms with Gasteiger partial charge in [0.15, 0.2) is 5.82 Å². The van der Waals surface area contributed by atoms with Crippen LogP contribution in [-0.2, 0) is 6.42 Å². The Balaban J connectivity index is 1.73. The van der Waals surface area contributed by atoms with E-state index >= 15 is 0 Å². The second-order valence-corrected chi connectivity index (χ2v) is 5.06. The van der Waals surface area contributed by atoms with E-state index in [9.17, 15) is 5.11 Å². The van der Waals surface area contributed by atoms with Gasteiger partial charge in [-0.15, -0.1) is 0 Å². The molecule has 2 rings (SSSR count). The molecule has 1 aromatic rings. The van der Waals surface area contributed by atoms with E-state index in [1.165, 1.54) is 0 Å². The summed E-state index contributed by atoms with van der Waals surface area (Å²) in [5.74, 6) is 1.34. The van der Waals surface area contributed by atoms with E-state index < -0.39 is 0 Å². The van der Waals surface area contributed by atoms with Gasteiger partial charge in [-0.3, -0.25) is 0 Å². The minimum atomic E-state index is -0.185. The molecule has 5 nitrogen and oxygen atoms in total. The van der Waals surface area contributed by atoms with E-state index in [1.54, 1.807) is 0 Å². The van der Waals surface area contributed by atoms with Crippen LogP contribution in [-0.4, -0.2) is 33.9 Å². The normalized spacial score (nSPS) is 27.8. The van der Waals surface area contributed by atoms with Gasteiger partial charge in [0, 0.05) is 24.4 Å².